The highest BCUT2D eigenvalue weighted by Gasteiger charge is 2.60. The number of carbonyl (C=O) groups is 2. The Bertz CT molecular complexity index is 1030. The van der Waals surface area contributed by atoms with Crippen LogP contribution in [0.15, 0.2) is 35.9 Å². The van der Waals surface area contributed by atoms with Gasteiger partial charge in [-0.2, -0.15) is 0 Å². The van der Waals surface area contributed by atoms with Gasteiger partial charge in [-0.3, -0.25) is 9.59 Å². The number of ketones is 2. The molecule has 5 aliphatic rings. The predicted octanol–water partition coefficient (Wildman–Crippen LogP) is 4.54. The van der Waals surface area contributed by atoms with Crippen LogP contribution in [-0.2, 0) is 19.1 Å². The second kappa shape index (κ2) is 8.07. The van der Waals surface area contributed by atoms with Crippen molar-refractivity contribution in [3.63, 3.8) is 0 Å². The van der Waals surface area contributed by atoms with E-state index in [1.54, 1.807) is 18.2 Å². The van der Waals surface area contributed by atoms with Gasteiger partial charge in [0, 0.05) is 12.3 Å². The van der Waals surface area contributed by atoms with Crippen LogP contribution in [0.3, 0.4) is 0 Å². The van der Waals surface area contributed by atoms with Crippen molar-refractivity contribution in [2.45, 2.75) is 63.8 Å². The predicted molar refractivity (Wildman–Crippen MR) is 122 cm³/mol. The molecule has 0 bridgehead atoms. The first-order valence-corrected chi connectivity index (χ1v) is 12.8. The minimum absolute atomic E-state index is 0.00153. The van der Waals surface area contributed by atoms with Crippen LogP contribution in [0.5, 0.6) is 0 Å². The summed E-state index contributed by atoms with van der Waals surface area (Å²) < 4.78 is 25.8. The van der Waals surface area contributed by atoms with E-state index >= 15 is 0 Å². The van der Waals surface area contributed by atoms with Gasteiger partial charge in [-0.1, -0.05) is 24.6 Å². The molecule has 1 aliphatic heterocycles. The Kier molecular flexibility index (Phi) is 5.36. The molecule has 1 heterocycles. The maximum absolute atomic E-state index is 13.4. The van der Waals surface area contributed by atoms with Gasteiger partial charge in [0.2, 0.25) is 11.6 Å². The van der Waals surface area contributed by atoms with Crippen molar-refractivity contribution in [1.29, 1.82) is 0 Å². The molecule has 1 aromatic rings. The second-order valence-electron chi connectivity index (χ2n) is 11.4. The van der Waals surface area contributed by atoms with Gasteiger partial charge in [-0.25, -0.2) is 4.39 Å². The zero-order valence-corrected chi connectivity index (χ0v) is 19.7. The molecule has 1 N–H and O–H groups in total. The molecule has 182 valence electrons. The van der Waals surface area contributed by atoms with Gasteiger partial charge in [0.15, 0.2) is 5.78 Å². The van der Waals surface area contributed by atoms with Crippen molar-refractivity contribution in [3.05, 3.63) is 47.3 Å². The van der Waals surface area contributed by atoms with Crippen LogP contribution >= 0.6 is 0 Å². The minimum atomic E-state index is -1.25. The molecule has 6 heteroatoms. The van der Waals surface area contributed by atoms with Gasteiger partial charge in [0.05, 0.1) is 6.61 Å². The van der Waals surface area contributed by atoms with E-state index in [4.69, 9.17) is 9.47 Å². The fourth-order valence-electron chi connectivity index (χ4n) is 8.38. The molecule has 1 saturated heterocycles. The third kappa shape index (κ3) is 3.29. The molecule has 1 aromatic carbocycles. The quantitative estimate of drug-likeness (QED) is 0.705. The molecule has 6 rings (SSSR count). The highest BCUT2D eigenvalue weighted by Crippen LogP contribution is 2.64. The molecule has 3 saturated carbocycles. The number of halogens is 1. The molecule has 0 radical (unpaired) electrons. The minimum Gasteiger partial charge on any atom is -0.389 e. The Balaban J connectivity index is 1.24. The number of carbonyl (C=O) groups excluding carboxylic acids is 2. The maximum Gasteiger partial charge on any atom is 0.234 e. The summed E-state index contributed by atoms with van der Waals surface area (Å²) >= 11 is 0. The molecule has 8 atom stereocenters. The number of Topliss-reactive ketones (excluding diaryl/α,β-unsaturated/α-hetero) is 1. The average molecular weight is 469 g/mol. The van der Waals surface area contributed by atoms with Crippen LogP contribution in [0.2, 0.25) is 0 Å². The zero-order valence-electron chi connectivity index (χ0n) is 19.7. The Labute approximate surface area is 199 Å². The smallest absolute Gasteiger partial charge is 0.234 e. The normalized spacial score (nSPS) is 43.3. The Morgan fingerprint density at radius 2 is 1.94 bits per heavy atom. The van der Waals surface area contributed by atoms with Gasteiger partial charge in [-0.05, 0) is 91.4 Å². The lowest BCUT2D eigenvalue weighted by Gasteiger charge is -2.54. The lowest BCUT2D eigenvalue weighted by atomic mass is 9.50. The van der Waals surface area contributed by atoms with Crippen LogP contribution in [-0.4, -0.2) is 35.7 Å². The molecule has 1 spiro atoms. The van der Waals surface area contributed by atoms with E-state index in [1.807, 2.05) is 0 Å². The van der Waals surface area contributed by atoms with E-state index in [2.05, 4.69) is 6.92 Å². The summed E-state index contributed by atoms with van der Waals surface area (Å²) in [6.45, 7) is 2.20. The first kappa shape index (κ1) is 22.6. The number of hydrogen-bond donors (Lipinski definition) is 1. The van der Waals surface area contributed by atoms with E-state index < -0.39 is 5.79 Å². The molecule has 34 heavy (non-hydrogen) atoms. The van der Waals surface area contributed by atoms with Gasteiger partial charge >= 0.3 is 0 Å². The van der Waals surface area contributed by atoms with Gasteiger partial charge in [0.1, 0.15) is 18.5 Å². The van der Waals surface area contributed by atoms with Crippen LogP contribution < -0.4 is 0 Å². The number of aliphatic hydroxyl groups is 1. The molecular weight excluding hydrogens is 435 g/mol. The Morgan fingerprint density at radius 1 is 1.15 bits per heavy atom. The number of rotatable bonds is 3. The highest BCUT2D eigenvalue weighted by atomic mass is 19.1. The molecule has 4 aliphatic carbocycles. The largest absolute Gasteiger partial charge is 0.389 e. The fourth-order valence-corrected chi connectivity index (χ4v) is 8.38. The lowest BCUT2D eigenvalue weighted by molar-refractivity contribution is -0.193. The molecule has 4 fully saturated rings. The molecule has 5 nitrogen and oxygen atoms in total. The van der Waals surface area contributed by atoms with E-state index in [0.29, 0.717) is 24.2 Å². The monoisotopic (exact) mass is 468 g/mol. The number of aliphatic hydroxyl groups excluding tert-OH is 1. The van der Waals surface area contributed by atoms with E-state index in [0.717, 1.165) is 44.1 Å². The van der Waals surface area contributed by atoms with Crippen LogP contribution in [0.25, 0.3) is 0 Å². The first-order valence-electron chi connectivity index (χ1n) is 12.8. The van der Waals surface area contributed by atoms with Gasteiger partial charge in [0.25, 0.3) is 0 Å². The maximum atomic E-state index is 13.4. The van der Waals surface area contributed by atoms with E-state index in [-0.39, 0.29) is 54.0 Å². The van der Waals surface area contributed by atoms with Crippen molar-refractivity contribution in [2.24, 2.45) is 35.0 Å². The highest BCUT2D eigenvalue weighted by molar-refractivity contribution is 5.97. The average Bonchev–Trinajstić information content (AvgIpc) is 3.42. The molecule has 0 amide bonds. The third-order valence-electron chi connectivity index (χ3n) is 10.0. The summed E-state index contributed by atoms with van der Waals surface area (Å²) in [5.74, 6) is 0.0446. The summed E-state index contributed by atoms with van der Waals surface area (Å²) in [5.41, 5.74) is 2.03. The summed E-state index contributed by atoms with van der Waals surface area (Å²) in [6.07, 6.45) is 7.87. The second-order valence-corrected chi connectivity index (χ2v) is 11.4. The standard InChI is InChI=1S/C28H33FO5/c1-27-11-10-19-20(22(27)8-9-23(27)24(31)14-30)7-4-17-12-26(32)28(13-21(17)19)33-15-25(34-28)16-2-5-18(29)6-3-16/h2-3,5-6,12,19-23,25,30H,4,7-11,13-15H2,1H3/t19-,20+,21-,22-,23+,25?,27-,28?/m0/s1. The van der Waals surface area contributed by atoms with Crippen LogP contribution in [0.1, 0.15) is 63.5 Å². The molecule has 2 unspecified atom stereocenters. The van der Waals surface area contributed by atoms with Crippen molar-refractivity contribution in [3.8, 4) is 0 Å². The van der Waals surface area contributed by atoms with Crippen molar-refractivity contribution < 1.29 is 28.6 Å². The van der Waals surface area contributed by atoms with Gasteiger partial charge in [-0.15, -0.1) is 0 Å². The topological polar surface area (TPSA) is 72.8 Å². The van der Waals surface area contributed by atoms with Crippen LogP contribution in [0, 0.1) is 40.8 Å². The van der Waals surface area contributed by atoms with E-state index in [1.165, 1.54) is 17.7 Å². The van der Waals surface area contributed by atoms with E-state index in [9.17, 15) is 19.1 Å². The number of fused-ring (bicyclic) bond motifs is 5. The third-order valence-corrected chi connectivity index (χ3v) is 10.0. The lowest BCUT2D eigenvalue weighted by Crippen LogP contribution is -2.52. The summed E-state index contributed by atoms with van der Waals surface area (Å²) in [4.78, 5) is 25.7. The number of allylic oxidation sites excluding steroid dienone is 1. The molecular formula is C28H33FO5. The first-order chi connectivity index (χ1) is 16.3. The van der Waals surface area contributed by atoms with Crippen molar-refractivity contribution in [1.82, 2.24) is 0 Å². The Hall–Kier alpha value is -1.89. The Morgan fingerprint density at radius 3 is 2.71 bits per heavy atom. The zero-order chi connectivity index (χ0) is 23.7. The molecule has 0 aromatic heterocycles. The number of hydrogen-bond acceptors (Lipinski definition) is 5. The van der Waals surface area contributed by atoms with Crippen molar-refractivity contribution in [2.75, 3.05) is 13.2 Å². The van der Waals surface area contributed by atoms with Gasteiger partial charge < -0.3 is 14.6 Å². The number of benzene rings is 1. The summed E-state index contributed by atoms with van der Waals surface area (Å²) in [7, 11) is 0. The van der Waals surface area contributed by atoms with Crippen molar-refractivity contribution >= 4 is 11.6 Å². The fraction of sp³-hybridized carbons (Fsp3) is 0.643. The summed E-state index contributed by atoms with van der Waals surface area (Å²) in [5, 5.41) is 9.51. The summed E-state index contributed by atoms with van der Waals surface area (Å²) in [6, 6.07) is 6.20. The van der Waals surface area contributed by atoms with Crippen LogP contribution in [0.4, 0.5) is 4.39 Å². The SMILES string of the molecule is C[C@]12CC[C@H]3[C@@H](CCC4=CC(=O)C5(C[C@@H]43)OCC(c3ccc(F)cc3)O5)[C@@H]1CC[C@@H]2C(=O)CO. The number of ether oxygens (including phenoxy) is 2.